The van der Waals surface area contributed by atoms with Crippen LogP contribution in [0.5, 0.6) is 0 Å². The van der Waals surface area contributed by atoms with E-state index in [1.54, 1.807) is 0 Å². The lowest BCUT2D eigenvalue weighted by Gasteiger charge is -2.13. The minimum atomic E-state index is 0.634. The van der Waals surface area contributed by atoms with E-state index in [-0.39, 0.29) is 0 Å². The molecule has 1 aromatic rings. The van der Waals surface area contributed by atoms with Crippen LogP contribution in [-0.4, -0.2) is 6.04 Å². The van der Waals surface area contributed by atoms with Crippen molar-refractivity contribution < 1.29 is 0 Å². The lowest BCUT2D eigenvalue weighted by atomic mass is 10.1. The quantitative estimate of drug-likeness (QED) is 0.828. The summed E-state index contributed by atoms with van der Waals surface area (Å²) in [6, 6.07) is 7.05. The molecule has 1 aromatic carbocycles. The molecule has 16 heavy (non-hydrogen) atoms. The average molecular weight is 347 g/mol. The van der Waals surface area contributed by atoms with E-state index in [4.69, 9.17) is 0 Å². The third-order valence-corrected chi connectivity index (χ3v) is 4.90. The Bertz CT molecular complexity index is 361. The maximum Gasteiger partial charge on any atom is 0.0320 e. The average Bonchev–Trinajstić information content (AvgIpc) is 3.04. The van der Waals surface area contributed by atoms with E-state index in [2.05, 4.69) is 62.3 Å². The molecule has 1 aliphatic rings. The SMILES string of the molecule is CC(CC1CC1)NCc1ccc(Br)c(Br)c1. The van der Waals surface area contributed by atoms with Crippen LogP contribution in [0.4, 0.5) is 0 Å². The second-order valence-corrected chi connectivity index (χ2v) is 6.42. The molecule has 1 unspecified atom stereocenters. The third kappa shape index (κ3) is 3.86. The van der Waals surface area contributed by atoms with Gasteiger partial charge in [-0.2, -0.15) is 0 Å². The summed E-state index contributed by atoms with van der Waals surface area (Å²) >= 11 is 7.01. The molecule has 0 aromatic heterocycles. The van der Waals surface area contributed by atoms with Gasteiger partial charge in [-0.25, -0.2) is 0 Å². The monoisotopic (exact) mass is 345 g/mol. The number of hydrogen-bond donors (Lipinski definition) is 1. The summed E-state index contributed by atoms with van der Waals surface area (Å²) in [7, 11) is 0. The Labute approximate surface area is 114 Å². The predicted octanol–water partition coefficient (Wildman–Crippen LogP) is 4.49. The van der Waals surface area contributed by atoms with Gasteiger partial charge in [-0.3, -0.25) is 0 Å². The van der Waals surface area contributed by atoms with E-state index < -0.39 is 0 Å². The first-order valence-electron chi connectivity index (χ1n) is 5.82. The lowest BCUT2D eigenvalue weighted by molar-refractivity contribution is 0.487. The molecule has 1 saturated carbocycles. The molecule has 0 spiro atoms. The zero-order chi connectivity index (χ0) is 11.5. The van der Waals surface area contributed by atoms with E-state index in [0.717, 1.165) is 21.4 Å². The first kappa shape index (κ1) is 12.6. The number of hydrogen-bond acceptors (Lipinski definition) is 1. The zero-order valence-corrected chi connectivity index (χ0v) is 12.6. The number of nitrogens with one attached hydrogen (secondary N) is 1. The van der Waals surface area contributed by atoms with E-state index in [0.29, 0.717) is 6.04 Å². The summed E-state index contributed by atoms with van der Waals surface area (Å²) in [5, 5.41) is 3.58. The van der Waals surface area contributed by atoms with Crippen molar-refractivity contribution in [2.45, 2.75) is 38.8 Å². The summed E-state index contributed by atoms with van der Waals surface area (Å²) in [6.07, 6.45) is 4.21. The Kier molecular flexibility index (Phi) is 4.45. The first-order valence-corrected chi connectivity index (χ1v) is 7.41. The van der Waals surface area contributed by atoms with Crippen LogP contribution in [0.1, 0.15) is 31.7 Å². The highest BCUT2D eigenvalue weighted by molar-refractivity contribution is 9.13. The number of halogens is 2. The topological polar surface area (TPSA) is 12.0 Å². The van der Waals surface area contributed by atoms with E-state index >= 15 is 0 Å². The van der Waals surface area contributed by atoms with Crippen molar-refractivity contribution in [2.24, 2.45) is 5.92 Å². The van der Waals surface area contributed by atoms with Crippen molar-refractivity contribution in [3.63, 3.8) is 0 Å². The molecule has 1 aliphatic carbocycles. The van der Waals surface area contributed by atoms with Gasteiger partial charge >= 0.3 is 0 Å². The summed E-state index contributed by atoms with van der Waals surface area (Å²) in [5.41, 5.74) is 1.33. The third-order valence-electron chi connectivity index (χ3n) is 3.02. The van der Waals surface area contributed by atoms with Crippen molar-refractivity contribution in [3.05, 3.63) is 32.7 Å². The van der Waals surface area contributed by atoms with Gasteiger partial charge in [-0.1, -0.05) is 18.9 Å². The largest absolute Gasteiger partial charge is 0.310 e. The normalized spacial score (nSPS) is 17.4. The molecule has 2 rings (SSSR count). The highest BCUT2D eigenvalue weighted by atomic mass is 79.9. The Hall–Kier alpha value is 0.140. The van der Waals surface area contributed by atoms with Gasteiger partial charge in [-0.05, 0) is 68.8 Å². The highest BCUT2D eigenvalue weighted by Gasteiger charge is 2.23. The first-order chi connectivity index (χ1) is 7.65. The molecule has 1 nitrogen and oxygen atoms in total. The molecule has 0 amide bonds. The van der Waals surface area contributed by atoms with E-state index in [1.807, 2.05) is 0 Å². The molecule has 1 fully saturated rings. The number of rotatable bonds is 5. The van der Waals surface area contributed by atoms with Gasteiger partial charge in [0, 0.05) is 21.5 Å². The smallest absolute Gasteiger partial charge is 0.0320 e. The van der Waals surface area contributed by atoms with Gasteiger partial charge in [0.1, 0.15) is 0 Å². The fourth-order valence-electron chi connectivity index (χ4n) is 1.88. The molecule has 0 radical (unpaired) electrons. The standard InChI is InChI=1S/C13H17Br2N/c1-9(6-10-2-3-10)16-8-11-4-5-12(14)13(15)7-11/h4-5,7,9-10,16H,2-3,6,8H2,1H3. The van der Waals surface area contributed by atoms with Crippen LogP contribution in [0.3, 0.4) is 0 Å². The van der Waals surface area contributed by atoms with E-state index in [9.17, 15) is 0 Å². The van der Waals surface area contributed by atoms with Crippen LogP contribution in [0.25, 0.3) is 0 Å². The van der Waals surface area contributed by atoms with Gasteiger partial charge in [0.2, 0.25) is 0 Å². The minimum absolute atomic E-state index is 0.634. The van der Waals surface area contributed by atoms with Crippen LogP contribution < -0.4 is 5.32 Å². The van der Waals surface area contributed by atoms with Gasteiger partial charge in [0.25, 0.3) is 0 Å². The Morgan fingerprint density at radius 1 is 1.31 bits per heavy atom. The second kappa shape index (κ2) is 5.65. The van der Waals surface area contributed by atoms with Crippen LogP contribution in [0.2, 0.25) is 0 Å². The van der Waals surface area contributed by atoms with Crippen LogP contribution in [-0.2, 0) is 6.54 Å². The lowest BCUT2D eigenvalue weighted by Crippen LogP contribution is -2.25. The second-order valence-electron chi connectivity index (χ2n) is 4.71. The molecule has 0 heterocycles. The maximum absolute atomic E-state index is 3.58. The molecule has 1 atom stereocenters. The molecule has 0 bridgehead atoms. The van der Waals surface area contributed by atoms with Crippen LogP contribution in [0, 0.1) is 5.92 Å². The fourth-order valence-corrected chi connectivity index (χ4v) is 2.55. The van der Waals surface area contributed by atoms with Crippen molar-refractivity contribution in [2.75, 3.05) is 0 Å². The fraction of sp³-hybridized carbons (Fsp3) is 0.538. The Morgan fingerprint density at radius 2 is 2.06 bits per heavy atom. The Balaban J connectivity index is 1.81. The molecule has 0 aliphatic heterocycles. The van der Waals surface area contributed by atoms with Crippen molar-refractivity contribution in [1.29, 1.82) is 0 Å². The van der Waals surface area contributed by atoms with Crippen LogP contribution in [0.15, 0.2) is 27.1 Å². The van der Waals surface area contributed by atoms with Gasteiger partial charge < -0.3 is 5.32 Å². The van der Waals surface area contributed by atoms with Crippen LogP contribution >= 0.6 is 31.9 Å². The molecular weight excluding hydrogens is 330 g/mol. The zero-order valence-electron chi connectivity index (χ0n) is 9.47. The highest BCUT2D eigenvalue weighted by Crippen LogP contribution is 2.33. The summed E-state index contributed by atoms with van der Waals surface area (Å²) in [4.78, 5) is 0. The molecule has 1 N–H and O–H groups in total. The molecule has 0 saturated heterocycles. The molecule has 3 heteroatoms. The summed E-state index contributed by atoms with van der Waals surface area (Å²) in [6.45, 7) is 3.24. The summed E-state index contributed by atoms with van der Waals surface area (Å²) < 4.78 is 2.24. The van der Waals surface area contributed by atoms with Gasteiger partial charge in [0.15, 0.2) is 0 Å². The minimum Gasteiger partial charge on any atom is -0.310 e. The molecular formula is C13H17Br2N. The Morgan fingerprint density at radius 3 is 2.69 bits per heavy atom. The van der Waals surface area contributed by atoms with Crippen molar-refractivity contribution in [1.82, 2.24) is 5.32 Å². The predicted molar refractivity (Wildman–Crippen MR) is 75.5 cm³/mol. The molecule has 88 valence electrons. The van der Waals surface area contributed by atoms with Crippen molar-refractivity contribution in [3.8, 4) is 0 Å². The number of benzene rings is 1. The van der Waals surface area contributed by atoms with Crippen molar-refractivity contribution >= 4 is 31.9 Å². The van der Waals surface area contributed by atoms with E-state index in [1.165, 1.54) is 24.8 Å². The summed E-state index contributed by atoms with van der Waals surface area (Å²) in [5.74, 6) is 0.999. The van der Waals surface area contributed by atoms with Gasteiger partial charge in [-0.15, -0.1) is 0 Å². The van der Waals surface area contributed by atoms with Gasteiger partial charge in [0.05, 0.1) is 0 Å². The maximum atomic E-state index is 3.58.